The van der Waals surface area contributed by atoms with Crippen molar-refractivity contribution in [2.75, 3.05) is 6.61 Å². The summed E-state index contributed by atoms with van der Waals surface area (Å²) >= 11 is 0. The van der Waals surface area contributed by atoms with Gasteiger partial charge in [0.1, 0.15) is 6.33 Å². The molecule has 1 aliphatic carbocycles. The topological polar surface area (TPSA) is 126 Å². The number of unbranched alkanes of at least 4 members (excludes halogenated alkanes) is 1. The fraction of sp³-hybridized carbons (Fsp3) is 0.375. The highest BCUT2D eigenvalue weighted by Gasteiger charge is 2.27. The molecule has 0 bridgehead atoms. The molecule has 11 nitrogen and oxygen atoms in total. The zero-order valence-corrected chi connectivity index (χ0v) is 24.6. The molecule has 0 aliphatic heterocycles. The molecular weight excluding hydrogens is 542 g/mol. The lowest BCUT2D eigenvalue weighted by Gasteiger charge is -2.21. The van der Waals surface area contributed by atoms with Gasteiger partial charge in [-0.25, -0.2) is 15.0 Å². The summed E-state index contributed by atoms with van der Waals surface area (Å²) in [5, 5.41) is 11.6. The Balaban J connectivity index is 1.44. The lowest BCUT2D eigenvalue weighted by molar-refractivity contribution is 0.337. The van der Waals surface area contributed by atoms with Gasteiger partial charge in [-0.05, 0) is 61.2 Å². The van der Waals surface area contributed by atoms with Gasteiger partial charge in [0.05, 0.1) is 36.1 Å². The average Bonchev–Trinajstić information content (AvgIpc) is 3.78. The molecule has 0 radical (unpaired) electrons. The number of rotatable bonds is 11. The van der Waals surface area contributed by atoms with E-state index in [0.717, 1.165) is 66.9 Å². The third-order valence-electron chi connectivity index (χ3n) is 7.83. The van der Waals surface area contributed by atoms with Gasteiger partial charge in [-0.3, -0.25) is 14.3 Å². The summed E-state index contributed by atoms with van der Waals surface area (Å²) in [5.74, 6) is 1.57. The van der Waals surface area contributed by atoms with E-state index in [4.69, 9.17) is 14.7 Å². The highest BCUT2D eigenvalue weighted by atomic mass is 16.5. The van der Waals surface area contributed by atoms with Crippen LogP contribution in [0.3, 0.4) is 0 Å². The minimum absolute atomic E-state index is 0.0261. The van der Waals surface area contributed by atoms with Gasteiger partial charge in [-0.15, -0.1) is 5.10 Å². The Morgan fingerprint density at radius 1 is 0.977 bits per heavy atom. The van der Waals surface area contributed by atoms with Crippen molar-refractivity contribution < 1.29 is 4.74 Å². The third-order valence-corrected chi connectivity index (χ3v) is 7.83. The fourth-order valence-electron chi connectivity index (χ4n) is 5.75. The van der Waals surface area contributed by atoms with Crippen LogP contribution in [0.1, 0.15) is 75.4 Å². The summed E-state index contributed by atoms with van der Waals surface area (Å²) in [5.41, 5.74) is 4.74. The molecule has 0 atom stereocenters. The highest BCUT2D eigenvalue weighted by Crippen LogP contribution is 2.32. The Kier molecular flexibility index (Phi) is 8.57. The predicted molar refractivity (Wildman–Crippen MR) is 162 cm³/mol. The molecule has 43 heavy (non-hydrogen) atoms. The second-order valence-electron chi connectivity index (χ2n) is 10.7. The first kappa shape index (κ1) is 28.3. The minimum Gasteiger partial charge on any atom is -0.491 e. The van der Waals surface area contributed by atoms with Crippen LogP contribution in [0.2, 0.25) is 0 Å². The van der Waals surface area contributed by atoms with Gasteiger partial charge in [-0.2, -0.15) is 4.68 Å². The minimum atomic E-state index is -0.0261. The maximum Gasteiger partial charge on any atom is 0.257 e. The highest BCUT2D eigenvalue weighted by molar-refractivity contribution is 5.69. The smallest absolute Gasteiger partial charge is 0.257 e. The Morgan fingerprint density at radius 3 is 2.53 bits per heavy atom. The molecule has 1 aliphatic rings. The van der Waals surface area contributed by atoms with E-state index in [2.05, 4.69) is 32.4 Å². The van der Waals surface area contributed by atoms with Gasteiger partial charge in [0.25, 0.3) is 5.56 Å². The van der Waals surface area contributed by atoms with E-state index < -0.39 is 0 Å². The van der Waals surface area contributed by atoms with E-state index in [-0.39, 0.29) is 11.6 Å². The van der Waals surface area contributed by atoms with Crippen LogP contribution in [0.15, 0.2) is 66.0 Å². The molecule has 0 spiro atoms. The van der Waals surface area contributed by atoms with Crippen LogP contribution in [-0.2, 0) is 12.8 Å². The molecule has 4 heterocycles. The second-order valence-corrected chi connectivity index (χ2v) is 10.7. The molecule has 1 aromatic carbocycles. The number of ether oxygens (including phenoxy) is 1. The van der Waals surface area contributed by atoms with Crippen molar-refractivity contribution in [2.24, 2.45) is 0 Å². The molecule has 0 N–H and O–H groups in total. The van der Waals surface area contributed by atoms with Crippen LogP contribution in [0, 0.1) is 0 Å². The van der Waals surface area contributed by atoms with Gasteiger partial charge in [0, 0.05) is 29.3 Å². The largest absolute Gasteiger partial charge is 0.491 e. The van der Waals surface area contributed by atoms with E-state index in [1.807, 2.05) is 54.0 Å². The molecule has 6 rings (SSSR count). The van der Waals surface area contributed by atoms with Crippen molar-refractivity contribution in [2.45, 2.75) is 71.3 Å². The van der Waals surface area contributed by atoms with Crippen LogP contribution in [0.5, 0.6) is 5.75 Å². The first-order valence-electron chi connectivity index (χ1n) is 15.0. The van der Waals surface area contributed by atoms with Gasteiger partial charge in [0.15, 0.2) is 17.4 Å². The molecule has 0 saturated heterocycles. The van der Waals surface area contributed by atoms with Gasteiger partial charge < -0.3 is 4.74 Å². The fourth-order valence-corrected chi connectivity index (χ4v) is 5.75. The number of hydrogen-bond acceptors (Lipinski definition) is 9. The van der Waals surface area contributed by atoms with Crippen molar-refractivity contribution in [3.05, 3.63) is 88.5 Å². The summed E-state index contributed by atoms with van der Waals surface area (Å²) in [6.07, 6.45) is 11.9. The van der Waals surface area contributed by atoms with Crippen molar-refractivity contribution in [1.82, 2.24) is 44.7 Å². The number of tetrazole rings is 1. The molecule has 1 saturated carbocycles. The standard InChI is InChI=1S/C32H35N9O2/c1-3-5-15-28-26(18-22-11-10-16-27(36-22)25-14-8-9-17-29(25)40-21-35-38-39-40)32(42)41(23-12-6-7-13-23)31(37-28)30-33-19-24(20-34-30)43-4-2/h8-11,14,16-17,19-21,23H,3-7,12-13,15,18H2,1-2H3. The summed E-state index contributed by atoms with van der Waals surface area (Å²) in [6, 6.07) is 13.8. The van der Waals surface area contributed by atoms with Crippen molar-refractivity contribution in [3.63, 3.8) is 0 Å². The maximum atomic E-state index is 14.5. The monoisotopic (exact) mass is 577 g/mol. The van der Waals surface area contributed by atoms with Crippen molar-refractivity contribution in [1.29, 1.82) is 0 Å². The quantitative estimate of drug-likeness (QED) is 0.208. The normalized spacial score (nSPS) is 13.4. The first-order chi connectivity index (χ1) is 21.2. The summed E-state index contributed by atoms with van der Waals surface area (Å²) in [7, 11) is 0. The SMILES string of the molecule is CCCCc1nc(-c2ncc(OCC)cn2)n(C2CCCC2)c(=O)c1Cc1cccc(-c2ccccc2-n2cnnn2)n1. The first-order valence-corrected chi connectivity index (χ1v) is 15.0. The van der Waals surface area contributed by atoms with E-state index in [1.165, 1.54) is 0 Å². The Bertz CT molecular complexity index is 1730. The maximum absolute atomic E-state index is 14.5. The van der Waals surface area contributed by atoms with Crippen molar-refractivity contribution in [3.8, 4) is 34.3 Å². The van der Waals surface area contributed by atoms with Crippen LogP contribution in [0.4, 0.5) is 0 Å². The lowest BCUT2D eigenvalue weighted by Crippen LogP contribution is -2.32. The van der Waals surface area contributed by atoms with Gasteiger partial charge in [0.2, 0.25) is 0 Å². The zero-order chi connectivity index (χ0) is 29.6. The van der Waals surface area contributed by atoms with Gasteiger partial charge in [-0.1, -0.05) is 50.5 Å². The number of para-hydroxylation sites is 1. The number of hydrogen-bond donors (Lipinski definition) is 0. The summed E-state index contributed by atoms with van der Waals surface area (Å²) in [6.45, 7) is 4.59. The van der Waals surface area contributed by atoms with Crippen LogP contribution < -0.4 is 10.3 Å². The molecule has 4 aromatic heterocycles. The average molecular weight is 578 g/mol. The number of aryl methyl sites for hydroxylation is 1. The summed E-state index contributed by atoms with van der Waals surface area (Å²) < 4.78 is 9.03. The number of benzene rings is 1. The number of aromatic nitrogens is 9. The number of pyridine rings is 1. The van der Waals surface area contributed by atoms with Crippen LogP contribution in [-0.4, -0.2) is 51.3 Å². The van der Waals surface area contributed by atoms with E-state index in [0.29, 0.717) is 42.4 Å². The van der Waals surface area contributed by atoms with E-state index in [9.17, 15) is 4.79 Å². The lowest BCUT2D eigenvalue weighted by atomic mass is 10.0. The number of nitrogens with zero attached hydrogens (tertiary/aromatic N) is 9. The van der Waals surface area contributed by atoms with Crippen LogP contribution in [0.25, 0.3) is 28.6 Å². The molecule has 1 fully saturated rings. The molecule has 11 heteroatoms. The molecule has 0 unspecified atom stereocenters. The Morgan fingerprint density at radius 2 is 1.79 bits per heavy atom. The third kappa shape index (κ3) is 6.06. The van der Waals surface area contributed by atoms with Crippen molar-refractivity contribution >= 4 is 0 Å². The van der Waals surface area contributed by atoms with E-state index >= 15 is 0 Å². The Hall–Kier alpha value is -4.80. The second kappa shape index (κ2) is 13.0. The predicted octanol–water partition coefficient (Wildman–Crippen LogP) is 5.19. The van der Waals surface area contributed by atoms with E-state index in [1.54, 1.807) is 23.4 Å². The Labute approximate surface area is 250 Å². The van der Waals surface area contributed by atoms with Gasteiger partial charge >= 0.3 is 0 Å². The molecule has 5 aromatic rings. The molecular formula is C32H35N9O2. The van der Waals surface area contributed by atoms with Crippen LogP contribution >= 0.6 is 0 Å². The zero-order valence-electron chi connectivity index (χ0n) is 24.6. The molecule has 0 amide bonds. The summed E-state index contributed by atoms with van der Waals surface area (Å²) in [4.78, 5) is 33.7. The molecule has 220 valence electrons.